The van der Waals surface area contributed by atoms with Crippen molar-refractivity contribution in [1.29, 1.82) is 0 Å². The molecule has 0 aliphatic carbocycles. The van der Waals surface area contributed by atoms with Crippen LogP contribution >= 0.6 is 15.9 Å². The van der Waals surface area contributed by atoms with Crippen molar-refractivity contribution in [3.05, 3.63) is 71.0 Å². The van der Waals surface area contributed by atoms with E-state index in [1.807, 2.05) is 54.6 Å². The second-order valence-corrected chi connectivity index (χ2v) is 5.71. The topological polar surface area (TPSA) is 39.9 Å². The maximum absolute atomic E-state index is 5.81. The van der Waals surface area contributed by atoms with Gasteiger partial charge in [0.2, 0.25) is 0 Å². The molecule has 0 bridgehead atoms. The average molecular weight is 354 g/mol. The van der Waals surface area contributed by atoms with E-state index in [0.717, 1.165) is 32.0 Å². The number of hydrogen-bond acceptors (Lipinski definition) is 3. The van der Waals surface area contributed by atoms with E-state index in [4.69, 9.17) is 4.84 Å². The molecule has 0 aliphatic rings. The molecule has 0 saturated heterocycles. The monoisotopic (exact) mass is 353 g/mol. The summed E-state index contributed by atoms with van der Waals surface area (Å²) >= 11 is 3.53. The molecule has 0 unspecified atom stereocenters. The second kappa shape index (κ2) is 5.42. The molecule has 0 radical (unpaired) electrons. The van der Waals surface area contributed by atoms with Crippen LogP contribution in [0.4, 0.5) is 0 Å². The number of fused-ring (bicyclic) bond motifs is 3. The van der Waals surface area contributed by atoms with Crippen molar-refractivity contribution in [3.8, 4) is 0 Å². The number of para-hydroxylation sites is 1. The Morgan fingerprint density at radius 3 is 2.64 bits per heavy atom. The molecule has 0 amide bonds. The van der Waals surface area contributed by atoms with Gasteiger partial charge in [0, 0.05) is 10.8 Å². The lowest BCUT2D eigenvalue weighted by Gasteiger charge is -2.06. The highest BCUT2D eigenvalue weighted by atomic mass is 79.9. The van der Waals surface area contributed by atoms with Crippen LogP contribution in [0.25, 0.3) is 21.8 Å². The predicted octanol–water partition coefficient (Wildman–Crippen LogP) is 3.98. The summed E-state index contributed by atoms with van der Waals surface area (Å²) in [6.07, 6.45) is 1.79. The first kappa shape index (κ1) is 13.3. The van der Waals surface area contributed by atoms with Gasteiger partial charge in [0.05, 0.1) is 11.7 Å². The van der Waals surface area contributed by atoms with Gasteiger partial charge in [-0.1, -0.05) is 53.4 Å². The Hall–Kier alpha value is -2.40. The first-order valence-electron chi connectivity index (χ1n) is 6.92. The van der Waals surface area contributed by atoms with Gasteiger partial charge < -0.3 is 4.84 Å². The highest BCUT2D eigenvalue weighted by Crippen LogP contribution is 2.29. The van der Waals surface area contributed by atoms with E-state index in [2.05, 4.69) is 26.0 Å². The van der Waals surface area contributed by atoms with Crippen molar-refractivity contribution in [2.24, 2.45) is 0 Å². The summed E-state index contributed by atoms with van der Waals surface area (Å²) in [5.74, 6) is 0. The molecular weight excluding hydrogens is 342 g/mol. The van der Waals surface area contributed by atoms with Crippen LogP contribution in [0.1, 0.15) is 5.56 Å². The summed E-state index contributed by atoms with van der Waals surface area (Å²) in [7, 11) is 0. The molecule has 0 spiro atoms. The predicted molar refractivity (Wildman–Crippen MR) is 89.5 cm³/mol. The highest BCUT2D eigenvalue weighted by molar-refractivity contribution is 9.10. The molecule has 0 saturated carbocycles. The Bertz CT molecular complexity index is 950. The van der Waals surface area contributed by atoms with E-state index < -0.39 is 0 Å². The molecule has 2 heterocycles. The Morgan fingerprint density at radius 2 is 1.77 bits per heavy atom. The number of nitrogens with zero attached hydrogens (tertiary/aromatic N) is 3. The largest absolute Gasteiger partial charge is 0.391 e. The Balaban J connectivity index is 1.77. The fraction of sp³-hybridized carbons (Fsp3) is 0.0588. The zero-order valence-corrected chi connectivity index (χ0v) is 13.2. The Morgan fingerprint density at radius 1 is 1.00 bits per heavy atom. The summed E-state index contributed by atoms with van der Waals surface area (Å²) in [6, 6.07) is 18.0. The molecular formula is C17H12BrN3O. The molecule has 4 rings (SSSR count). The summed E-state index contributed by atoms with van der Waals surface area (Å²) in [6.45, 7) is 0.455. The van der Waals surface area contributed by atoms with Crippen molar-refractivity contribution >= 4 is 37.7 Å². The first-order valence-corrected chi connectivity index (χ1v) is 7.71. The SMILES string of the molecule is Brc1nn(OCc2ccccc2)c2cnc3ccccc3c12. The normalized spacial score (nSPS) is 11.1. The number of rotatable bonds is 3. The van der Waals surface area contributed by atoms with Crippen LogP contribution in [0.2, 0.25) is 0 Å². The first-order chi connectivity index (χ1) is 10.8. The minimum absolute atomic E-state index is 0.455. The highest BCUT2D eigenvalue weighted by Gasteiger charge is 2.13. The van der Waals surface area contributed by atoms with Crippen LogP contribution in [-0.2, 0) is 6.61 Å². The van der Waals surface area contributed by atoms with E-state index in [9.17, 15) is 0 Å². The van der Waals surface area contributed by atoms with Crippen LogP contribution in [0.3, 0.4) is 0 Å². The number of halogens is 1. The van der Waals surface area contributed by atoms with Crippen LogP contribution in [-0.4, -0.2) is 14.9 Å². The van der Waals surface area contributed by atoms with Gasteiger partial charge in [0.1, 0.15) is 16.7 Å². The molecule has 22 heavy (non-hydrogen) atoms. The van der Waals surface area contributed by atoms with Crippen molar-refractivity contribution in [1.82, 2.24) is 14.9 Å². The fourth-order valence-corrected chi connectivity index (χ4v) is 3.05. The average Bonchev–Trinajstić information content (AvgIpc) is 2.90. The molecule has 0 fully saturated rings. The molecule has 2 aromatic carbocycles. The zero-order chi connectivity index (χ0) is 14.9. The van der Waals surface area contributed by atoms with E-state index in [1.54, 1.807) is 6.20 Å². The lowest BCUT2D eigenvalue weighted by molar-refractivity contribution is 0.0787. The molecule has 2 aromatic heterocycles. The van der Waals surface area contributed by atoms with Gasteiger partial charge in [0.25, 0.3) is 0 Å². The number of pyridine rings is 1. The molecule has 4 aromatic rings. The van der Waals surface area contributed by atoms with E-state index >= 15 is 0 Å². The third-order valence-electron chi connectivity index (χ3n) is 3.54. The standard InChI is InChI=1S/C17H12BrN3O/c18-17-16-13-8-4-5-9-14(13)19-10-15(16)21(20-17)22-11-12-6-2-1-3-7-12/h1-10H,11H2. The smallest absolute Gasteiger partial charge is 0.142 e. The van der Waals surface area contributed by atoms with E-state index in [-0.39, 0.29) is 0 Å². The van der Waals surface area contributed by atoms with E-state index in [1.165, 1.54) is 4.85 Å². The summed E-state index contributed by atoms with van der Waals surface area (Å²) in [5.41, 5.74) is 2.89. The van der Waals surface area contributed by atoms with Gasteiger partial charge in [-0.3, -0.25) is 4.98 Å². The molecule has 0 N–H and O–H groups in total. The lowest BCUT2D eigenvalue weighted by atomic mass is 10.1. The number of hydrogen-bond donors (Lipinski definition) is 0. The van der Waals surface area contributed by atoms with Crippen molar-refractivity contribution in [3.63, 3.8) is 0 Å². The Kier molecular flexibility index (Phi) is 3.27. The van der Waals surface area contributed by atoms with Crippen LogP contribution in [0, 0.1) is 0 Å². The quantitative estimate of drug-likeness (QED) is 0.559. The molecule has 0 aliphatic heterocycles. The van der Waals surface area contributed by atoms with Crippen molar-refractivity contribution in [2.45, 2.75) is 6.61 Å². The summed E-state index contributed by atoms with van der Waals surface area (Å²) < 4.78 is 0.758. The van der Waals surface area contributed by atoms with Gasteiger partial charge >= 0.3 is 0 Å². The number of benzene rings is 2. The minimum atomic E-state index is 0.455. The minimum Gasteiger partial charge on any atom is -0.391 e. The molecule has 4 nitrogen and oxygen atoms in total. The Labute approximate surface area is 135 Å². The third kappa shape index (κ3) is 2.23. The van der Waals surface area contributed by atoms with Gasteiger partial charge in [-0.25, -0.2) is 0 Å². The maximum Gasteiger partial charge on any atom is 0.142 e. The van der Waals surface area contributed by atoms with Gasteiger partial charge in [-0.15, -0.1) is 5.10 Å². The zero-order valence-electron chi connectivity index (χ0n) is 11.6. The third-order valence-corrected chi connectivity index (χ3v) is 4.10. The number of aromatic nitrogens is 3. The molecule has 5 heteroatoms. The fourth-order valence-electron chi connectivity index (χ4n) is 2.48. The molecule has 108 valence electrons. The van der Waals surface area contributed by atoms with Gasteiger partial charge in [-0.2, -0.15) is 0 Å². The van der Waals surface area contributed by atoms with Gasteiger partial charge in [-0.05, 0) is 27.6 Å². The van der Waals surface area contributed by atoms with Crippen LogP contribution < -0.4 is 4.84 Å². The lowest BCUT2D eigenvalue weighted by Crippen LogP contribution is -2.12. The second-order valence-electron chi connectivity index (χ2n) is 4.96. The van der Waals surface area contributed by atoms with Gasteiger partial charge in [0.15, 0.2) is 0 Å². The maximum atomic E-state index is 5.81. The van der Waals surface area contributed by atoms with E-state index in [0.29, 0.717) is 6.61 Å². The molecule has 0 atom stereocenters. The van der Waals surface area contributed by atoms with Crippen molar-refractivity contribution < 1.29 is 4.84 Å². The van der Waals surface area contributed by atoms with Crippen LogP contribution in [0.5, 0.6) is 0 Å². The van der Waals surface area contributed by atoms with Crippen molar-refractivity contribution in [2.75, 3.05) is 0 Å². The summed E-state index contributed by atoms with van der Waals surface area (Å²) in [4.78, 5) is 11.8. The summed E-state index contributed by atoms with van der Waals surface area (Å²) in [5, 5.41) is 6.50. The van der Waals surface area contributed by atoms with Crippen LogP contribution in [0.15, 0.2) is 65.4 Å².